The molecule has 0 radical (unpaired) electrons. The Balaban J connectivity index is 1.58. The Labute approximate surface area is 162 Å². The molecule has 0 bridgehead atoms. The molecule has 1 atom stereocenters. The van der Waals surface area contributed by atoms with E-state index in [0.29, 0.717) is 42.7 Å². The topological polar surface area (TPSA) is 105 Å². The number of piperidine rings is 1. The van der Waals surface area contributed by atoms with Gasteiger partial charge in [-0.3, -0.25) is 4.79 Å². The lowest BCUT2D eigenvalue weighted by Gasteiger charge is -2.32. The summed E-state index contributed by atoms with van der Waals surface area (Å²) in [5.41, 5.74) is 0. The van der Waals surface area contributed by atoms with Gasteiger partial charge in [0, 0.05) is 24.0 Å². The zero-order chi connectivity index (χ0) is 19.6. The zero-order valence-corrected chi connectivity index (χ0v) is 16.6. The van der Waals surface area contributed by atoms with E-state index in [1.807, 2.05) is 0 Å². The molecule has 1 aliphatic rings. The van der Waals surface area contributed by atoms with Gasteiger partial charge in [-0.1, -0.05) is 16.8 Å². The summed E-state index contributed by atoms with van der Waals surface area (Å²) in [6.07, 6.45) is 1.40. The van der Waals surface area contributed by atoms with E-state index in [-0.39, 0.29) is 16.7 Å². The summed E-state index contributed by atoms with van der Waals surface area (Å²) in [6.45, 7) is 4.33. The third kappa shape index (κ3) is 4.66. The smallest absolute Gasteiger partial charge is 0.241 e. The van der Waals surface area contributed by atoms with Crippen molar-refractivity contribution in [2.75, 3.05) is 13.1 Å². The van der Waals surface area contributed by atoms with Crippen LogP contribution < -0.4 is 4.72 Å². The number of aryl methyl sites for hydroxylation is 1. The van der Waals surface area contributed by atoms with E-state index in [2.05, 4.69) is 14.9 Å². The Kier molecular flexibility index (Phi) is 5.83. The highest BCUT2D eigenvalue weighted by molar-refractivity contribution is 7.89. The van der Waals surface area contributed by atoms with Crippen molar-refractivity contribution < 1.29 is 17.7 Å². The molecule has 1 fully saturated rings. The van der Waals surface area contributed by atoms with Crippen molar-refractivity contribution in [1.29, 1.82) is 0 Å². The highest BCUT2D eigenvalue weighted by Crippen LogP contribution is 2.27. The highest BCUT2D eigenvalue weighted by atomic mass is 35.5. The van der Waals surface area contributed by atoms with Gasteiger partial charge in [0.2, 0.25) is 21.8 Å². The molecule has 8 nitrogen and oxygen atoms in total. The molecule has 2 heterocycles. The van der Waals surface area contributed by atoms with Crippen LogP contribution >= 0.6 is 11.6 Å². The molecule has 0 saturated carbocycles. The van der Waals surface area contributed by atoms with Gasteiger partial charge in [0.15, 0.2) is 5.82 Å². The molecule has 10 heteroatoms. The second-order valence-corrected chi connectivity index (χ2v) is 8.73. The molecule has 3 rings (SSSR count). The standard InChI is InChI=1S/C17H21ClN4O4S/c1-11(21-27(24,25)15-5-3-14(18)4-6-15)17(23)22-9-7-13(8-10-22)16-19-12(2)20-26-16/h3-6,11,13,21H,7-10H2,1-2H3/t11-/m0/s1. The van der Waals surface area contributed by atoms with E-state index < -0.39 is 16.1 Å². The average molecular weight is 413 g/mol. The summed E-state index contributed by atoms with van der Waals surface area (Å²) < 4.78 is 32.5. The predicted octanol–water partition coefficient (Wildman–Crippen LogP) is 2.10. The first-order valence-corrected chi connectivity index (χ1v) is 10.5. The zero-order valence-electron chi connectivity index (χ0n) is 15.1. The van der Waals surface area contributed by atoms with Crippen molar-refractivity contribution in [2.45, 2.75) is 43.5 Å². The Morgan fingerprint density at radius 2 is 1.93 bits per heavy atom. The fourth-order valence-corrected chi connectivity index (χ4v) is 4.39. The average Bonchev–Trinajstić information content (AvgIpc) is 3.07. The number of aromatic nitrogens is 2. The number of benzene rings is 1. The van der Waals surface area contributed by atoms with Crippen LogP contribution in [0.1, 0.15) is 37.4 Å². The van der Waals surface area contributed by atoms with Crippen molar-refractivity contribution in [3.05, 3.63) is 41.0 Å². The van der Waals surface area contributed by atoms with Crippen LogP contribution in [0.15, 0.2) is 33.7 Å². The Morgan fingerprint density at radius 1 is 1.30 bits per heavy atom. The minimum atomic E-state index is -3.80. The predicted molar refractivity (Wildman–Crippen MR) is 98.8 cm³/mol. The molecule has 1 aromatic heterocycles. The lowest BCUT2D eigenvalue weighted by molar-refractivity contribution is -0.133. The largest absolute Gasteiger partial charge is 0.341 e. The van der Waals surface area contributed by atoms with Crippen molar-refractivity contribution in [3.8, 4) is 0 Å². The molecular weight excluding hydrogens is 392 g/mol. The number of carbonyl (C=O) groups excluding carboxylic acids is 1. The number of nitrogens with zero attached hydrogens (tertiary/aromatic N) is 3. The molecule has 0 unspecified atom stereocenters. The van der Waals surface area contributed by atoms with Crippen LogP contribution in [0.25, 0.3) is 0 Å². The van der Waals surface area contributed by atoms with Gasteiger partial charge in [0.25, 0.3) is 0 Å². The molecule has 1 N–H and O–H groups in total. The first-order valence-electron chi connectivity index (χ1n) is 8.63. The molecule has 27 heavy (non-hydrogen) atoms. The van der Waals surface area contributed by atoms with E-state index in [0.717, 1.165) is 0 Å². The maximum atomic E-state index is 12.6. The number of amides is 1. The number of sulfonamides is 1. The number of likely N-dealkylation sites (tertiary alicyclic amines) is 1. The van der Waals surface area contributed by atoms with Crippen LogP contribution in [-0.4, -0.2) is 48.5 Å². The van der Waals surface area contributed by atoms with Crippen LogP contribution in [0.5, 0.6) is 0 Å². The summed E-state index contributed by atoms with van der Waals surface area (Å²) in [5, 5.41) is 4.24. The molecular formula is C17H21ClN4O4S. The molecule has 2 aromatic rings. The molecule has 1 saturated heterocycles. The second kappa shape index (κ2) is 7.95. The van der Waals surface area contributed by atoms with E-state index in [9.17, 15) is 13.2 Å². The van der Waals surface area contributed by atoms with E-state index in [1.165, 1.54) is 24.3 Å². The second-order valence-electron chi connectivity index (χ2n) is 6.58. The fraction of sp³-hybridized carbons (Fsp3) is 0.471. The molecule has 0 spiro atoms. The summed E-state index contributed by atoms with van der Waals surface area (Å²) in [6, 6.07) is 4.92. The van der Waals surface area contributed by atoms with E-state index >= 15 is 0 Å². The lowest BCUT2D eigenvalue weighted by Crippen LogP contribution is -2.49. The number of hydrogen-bond acceptors (Lipinski definition) is 6. The lowest BCUT2D eigenvalue weighted by atomic mass is 9.96. The molecule has 1 aromatic carbocycles. The summed E-state index contributed by atoms with van der Waals surface area (Å²) >= 11 is 5.79. The highest BCUT2D eigenvalue weighted by Gasteiger charge is 2.31. The van der Waals surface area contributed by atoms with Crippen LogP contribution in [-0.2, 0) is 14.8 Å². The Hall–Kier alpha value is -1.97. The monoisotopic (exact) mass is 412 g/mol. The number of rotatable bonds is 5. The van der Waals surface area contributed by atoms with Gasteiger partial charge >= 0.3 is 0 Å². The minimum absolute atomic E-state index is 0.0667. The van der Waals surface area contributed by atoms with Gasteiger partial charge in [-0.2, -0.15) is 9.71 Å². The van der Waals surface area contributed by atoms with Gasteiger partial charge in [-0.15, -0.1) is 0 Å². The normalized spacial score (nSPS) is 17.1. The number of halogens is 1. The number of carbonyl (C=O) groups is 1. The third-order valence-electron chi connectivity index (χ3n) is 4.53. The summed E-state index contributed by atoms with van der Waals surface area (Å²) in [4.78, 5) is 18.6. The Bertz CT molecular complexity index is 905. The Morgan fingerprint density at radius 3 is 2.48 bits per heavy atom. The maximum absolute atomic E-state index is 12.6. The first kappa shape index (κ1) is 19.8. The van der Waals surface area contributed by atoms with Crippen molar-refractivity contribution in [3.63, 3.8) is 0 Å². The molecule has 1 amide bonds. The fourth-order valence-electron chi connectivity index (χ4n) is 3.06. The van der Waals surface area contributed by atoms with E-state index in [4.69, 9.17) is 16.1 Å². The molecule has 1 aliphatic heterocycles. The SMILES string of the molecule is Cc1noc(C2CCN(C(=O)[C@H](C)NS(=O)(=O)c3ccc(Cl)cc3)CC2)n1. The summed E-state index contributed by atoms with van der Waals surface area (Å²) in [5.74, 6) is 1.05. The van der Waals surface area contributed by atoms with Crippen molar-refractivity contribution in [2.24, 2.45) is 0 Å². The van der Waals surface area contributed by atoms with Crippen LogP contribution in [0.3, 0.4) is 0 Å². The van der Waals surface area contributed by atoms with Crippen molar-refractivity contribution >= 4 is 27.5 Å². The van der Waals surface area contributed by atoms with Crippen LogP contribution in [0, 0.1) is 6.92 Å². The van der Waals surface area contributed by atoms with Gasteiger partial charge in [0.05, 0.1) is 10.9 Å². The van der Waals surface area contributed by atoms with Gasteiger partial charge < -0.3 is 9.42 Å². The first-order chi connectivity index (χ1) is 12.8. The third-order valence-corrected chi connectivity index (χ3v) is 6.33. The quantitative estimate of drug-likeness (QED) is 0.806. The van der Waals surface area contributed by atoms with E-state index in [1.54, 1.807) is 18.7 Å². The maximum Gasteiger partial charge on any atom is 0.241 e. The number of hydrogen-bond donors (Lipinski definition) is 1. The summed E-state index contributed by atoms with van der Waals surface area (Å²) in [7, 11) is -3.80. The van der Waals surface area contributed by atoms with Gasteiger partial charge in [-0.25, -0.2) is 8.42 Å². The van der Waals surface area contributed by atoms with Crippen LogP contribution in [0.4, 0.5) is 0 Å². The number of nitrogens with one attached hydrogen (secondary N) is 1. The van der Waals surface area contributed by atoms with Crippen LogP contribution in [0.2, 0.25) is 5.02 Å². The minimum Gasteiger partial charge on any atom is -0.341 e. The van der Waals surface area contributed by atoms with Gasteiger partial charge in [-0.05, 0) is 51.0 Å². The molecule has 0 aliphatic carbocycles. The molecule has 146 valence electrons. The van der Waals surface area contributed by atoms with Crippen molar-refractivity contribution in [1.82, 2.24) is 19.8 Å². The van der Waals surface area contributed by atoms with Gasteiger partial charge in [0.1, 0.15) is 0 Å².